The van der Waals surface area contributed by atoms with Gasteiger partial charge in [-0.3, -0.25) is 4.57 Å². The van der Waals surface area contributed by atoms with Gasteiger partial charge in [-0.1, -0.05) is 121 Å². The van der Waals surface area contributed by atoms with Crippen LogP contribution in [0.25, 0.3) is 94.7 Å². The minimum Gasteiger partial charge on any atom is -0.456 e. The number of rotatable bonds is 3. The summed E-state index contributed by atoms with van der Waals surface area (Å²) in [5.74, 6) is 1.64. The Morgan fingerprint density at radius 1 is 0.441 bits per heavy atom. The number of furan rings is 1. The molecule has 0 fully saturated rings. The molecule has 0 radical (unpaired) electrons. The molecule has 11 aromatic rings. The topological polar surface area (TPSA) is 80.5 Å². The first kappa shape index (κ1) is 32.0. The molecule has 0 aliphatic heterocycles. The van der Waals surface area contributed by atoms with Gasteiger partial charge in [0.25, 0.3) is 0 Å². The van der Waals surface area contributed by atoms with E-state index in [0.29, 0.717) is 23.2 Å². The Bertz CT molecular complexity index is 3600. The van der Waals surface area contributed by atoms with E-state index in [0.717, 1.165) is 54.9 Å². The van der Waals surface area contributed by atoms with Gasteiger partial charge < -0.3 is 4.42 Å². The van der Waals surface area contributed by atoms with E-state index in [-0.39, 0.29) is 0 Å². The second-order valence-corrected chi connectivity index (χ2v) is 15.4. The molecule has 0 N–H and O–H groups in total. The maximum Gasteiger partial charge on any atom is 0.238 e. The van der Waals surface area contributed by atoms with Crippen LogP contribution in [0.5, 0.6) is 0 Å². The Labute approximate surface area is 337 Å². The van der Waals surface area contributed by atoms with Gasteiger partial charge in [-0.15, -0.1) is 0 Å². The van der Waals surface area contributed by atoms with Gasteiger partial charge in [0.05, 0.1) is 28.1 Å². The zero-order valence-corrected chi connectivity index (χ0v) is 31.4. The van der Waals surface area contributed by atoms with Crippen LogP contribution >= 0.6 is 0 Å². The molecule has 272 valence electrons. The van der Waals surface area contributed by atoms with Gasteiger partial charge in [0, 0.05) is 32.7 Å². The summed E-state index contributed by atoms with van der Waals surface area (Å²) >= 11 is 0. The van der Waals surface area contributed by atoms with Gasteiger partial charge in [0.15, 0.2) is 11.6 Å². The summed E-state index contributed by atoms with van der Waals surface area (Å²) in [5.41, 5.74) is 15.5. The summed E-state index contributed by atoms with van der Waals surface area (Å²) in [6, 6.07) is 64.0. The van der Waals surface area contributed by atoms with Gasteiger partial charge in [-0.2, -0.15) is 15.2 Å². The number of nitrogens with zero attached hydrogens (tertiary/aromatic N) is 5. The fraction of sp³-hybridized carbons (Fsp3) is 0.0189. The third-order valence-corrected chi connectivity index (χ3v) is 12.5. The predicted molar refractivity (Wildman–Crippen MR) is 233 cm³/mol. The predicted octanol–water partition coefficient (Wildman–Crippen LogP) is 12.4. The van der Waals surface area contributed by atoms with Crippen LogP contribution < -0.4 is 0 Å². The zero-order chi connectivity index (χ0) is 38.8. The Balaban J connectivity index is 1.10. The molecular weight excluding hydrogens is 723 g/mol. The molecule has 3 heterocycles. The average molecular weight is 752 g/mol. The van der Waals surface area contributed by atoms with Gasteiger partial charge in [-0.25, -0.2) is 4.98 Å². The lowest BCUT2D eigenvalue weighted by molar-refractivity contribution is 0.669. The second-order valence-electron chi connectivity index (χ2n) is 15.4. The van der Waals surface area contributed by atoms with Crippen molar-refractivity contribution < 1.29 is 4.42 Å². The molecule has 0 unspecified atom stereocenters. The van der Waals surface area contributed by atoms with Crippen molar-refractivity contribution in [2.24, 2.45) is 0 Å². The maximum absolute atomic E-state index is 9.67. The van der Waals surface area contributed by atoms with Crippen LogP contribution in [-0.4, -0.2) is 19.5 Å². The van der Waals surface area contributed by atoms with Crippen molar-refractivity contribution in [3.63, 3.8) is 0 Å². The van der Waals surface area contributed by atoms with E-state index >= 15 is 0 Å². The van der Waals surface area contributed by atoms with Crippen LogP contribution in [0.4, 0.5) is 0 Å². The Hall–Kier alpha value is -8.14. The molecule has 1 spiro atoms. The first-order valence-corrected chi connectivity index (χ1v) is 19.7. The number of para-hydroxylation sites is 1. The lowest BCUT2D eigenvalue weighted by Gasteiger charge is -2.30. The quantitative estimate of drug-likeness (QED) is 0.180. The third-order valence-electron chi connectivity index (χ3n) is 12.5. The Morgan fingerprint density at radius 2 is 1.03 bits per heavy atom. The Kier molecular flexibility index (Phi) is 6.35. The number of aromatic nitrogens is 4. The van der Waals surface area contributed by atoms with E-state index in [1.54, 1.807) is 6.07 Å². The van der Waals surface area contributed by atoms with E-state index in [9.17, 15) is 5.26 Å². The molecule has 0 atom stereocenters. The van der Waals surface area contributed by atoms with Gasteiger partial charge in [0.1, 0.15) is 11.2 Å². The first-order valence-electron chi connectivity index (χ1n) is 19.7. The summed E-state index contributed by atoms with van der Waals surface area (Å²) < 4.78 is 8.39. The molecule has 0 bridgehead atoms. The minimum atomic E-state index is -0.457. The Morgan fingerprint density at radius 3 is 1.75 bits per heavy atom. The summed E-state index contributed by atoms with van der Waals surface area (Å²) in [5, 5.41) is 13.7. The van der Waals surface area contributed by atoms with Crippen LogP contribution in [0.1, 0.15) is 27.8 Å². The van der Waals surface area contributed by atoms with Gasteiger partial charge in [0.2, 0.25) is 5.95 Å². The molecule has 6 nitrogen and oxygen atoms in total. The first-order chi connectivity index (χ1) is 29.2. The normalized spacial score (nSPS) is 13.2. The molecule has 8 aromatic carbocycles. The van der Waals surface area contributed by atoms with Crippen LogP contribution in [0.15, 0.2) is 180 Å². The minimum absolute atomic E-state index is 0.457. The van der Waals surface area contributed by atoms with Crippen molar-refractivity contribution in [1.82, 2.24) is 19.5 Å². The molecule has 0 saturated heterocycles. The molecule has 0 amide bonds. The molecule has 6 heteroatoms. The lowest BCUT2D eigenvalue weighted by atomic mass is 9.70. The third kappa shape index (κ3) is 4.25. The van der Waals surface area contributed by atoms with Crippen molar-refractivity contribution in [1.29, 1.82) is 5.26 Å². The number of nitriles is 1. The van der Waals surface area contributed by atoms with Gasteiger partial charge >= 0.3 is 0 Å². The highest BCUT2D eigenvalue weighted by Gasteiger charge is 2.51. The van der Waals surface area contributed by atoms with Crippen molar-refractivity contribution in [3.05, 3.63) is 204 Å². The van der Waals surface area contributed by atoms with Crippen LogP contribution in [0.3, 0.4) is 0 Å². The summed E-state index contributed by atoms with van der Waals surface area (Å²) in [4.78, 5) is 15.7. The van der Waals surface area contributed by atoms with Gasteiger partial charge in [-0.05, 0) is 99.1 Å². The number of hydrogen-bond donors (Lipinski definition) is 0. The molecule has 3 aromatic heterocycles. The van der Waals surface area contributed by atoms with E-state index in [1.807, 2.05) is 54.6 Å². The zero-order valence-electron chi connectivity index (χ0n) is 31.4. The number of hydrogen-bond acceptors (Lipinski definition) is 5. The van der Waals surface area contributed by atoms with Crippen LogP contribution in [0.2, 0.25) is 0 Å². The fourth-order valence-electron chi connectivity index (χ4n) is 10.1. The highest BCUT2D eigenvalue weighted by molar-refractivity contribution is 6.12. The summed E-state index contributed by atoms with van der Waals surface area (Å²) in [6.45, 7) is 0. The molecular formula is C53H29N5O. The molecule has 0 saturated carbocycles. The standard InChI is InChI=1S/C53H29N5O/c54-30-31-22-24-48-40(26-31)41-27-33(23-25-49(41)59-48)51-55-50(32-12-2-1-3-13-32)56-52(57-51)58-46-21-11-7-17-37(46)39-28-45-38(29-47(39)58)36-16-6-10-20-44(36)53(45)42-18-8-4-14-34(42)35-15-5-9-19-43(35)53/h1-29H. The van der Waals surface area contributed by atoms with Crippen molar-refractivity contribution in [3.8, 4) is 57.0 Å². The monoisotopic (exact) mass is 751 g/mol. The molecule has 2 aliphatic carbocycles. The second kappa shape index (κ2) is 11.7. The largest absolute Gasteiger partial charge is 0.456 e. The summed E-state index contributed by atoms with van der Waals surface area (Å²) in [7, 11) is 0. The van der Waals surface area contributed by atoms with Crippen molar-refractivity contribution in [2.45, 2.75) is 5.41 Å². The molecule has 2 aliphatic rings. The van der Waals surface area contributed by atoms with E-state index in [4.69, 9.17) is 19.4 Å². The van der Waals surface area contributed by atoms with Crippen molar-refractivity contribution in [2.75, 3.05) is 0 Å². The van der Waals surface area contributed by atoms with E-state index in [2.05, 4.69) is 126 Å². The average Bonchev–Trinajstić information content (AvgIpc) is 4.01. The lowest BCUT2D eigenvalue weighted by Crippen LogP contribution is -2.25. The number of benzene rings is 8. The number of fused-ring (bicyclic) bond motifs is 16. The maximum atomic E-state index is 9.67. The van der Waals surface area contributed by atoms with Crippen molar-refractivity contribution >= 4 is 43.7 Å². The fourth-order valence-corrected chi connectivity index (χ4v) is 10.1. The smallest absolute Gasteiger partial charge is 0.238 e. The highest BCUT2D eigenvalue weighted by Crippen LogP contribution is 2.63. The molecule has 13 rings (SSSR count). The summed E-state index contributed by atoms with van der Waals surface area (Å²) in [6.07, 6.45) is 0. The SMILES string of the molecule is N#Cc1ccc2oc3ccc(-c4nc(-c5ccccc5)nc(-n5c6ccccc6c6cc7c(cc65)-c5ccccc5C75c6ccccc6-c6ccccc65)n4)cc3c2c1. The molecule has 59 heavy (non-hydrogen) atoms. The van der Waals surface area contributed by atoms with Crippen LogP contribution in [-0.2, 0) is 5.41 Å². The highest BCUT2D eigenvalue weighted by atomic mass is 16.3. The van der Waals surface area contributed by atoms with Crippen LogP contribution in [0, 0.1) is 11.3 Å². The van der Waals surface area contributed by atoms with E-state index in [1.165, 1.54) is 44.5 Å². The van der Waals surface area contributed by atoms with E-state index < -0.39 is 5.41 Å².